The van der Waals surface area contributed by atoms with Crippen LogP contribution in [0.4, 0.5) is 0 Å². The molecule has 0 bridgehead atoms. The lowest BCUT2D eigenvalue weighted by molar-refractivity contribution is -0.159. The topological polar surface area (TPSA) is 87.5 Å². The van der Waals surface area contributed by atoms with Crippen molar-refractivity contribution in [1.82, 2.24) is 4.98 Å². The van der Waals surface area contributed by atoms with Crippen molar-refractivity contribution in [1.29, 1.82) is 0 Å². The van der Waals surface area contributed by atoms with Crippen LogP contribution in [0.2, 0.25) is 0 Å². The fourth-order valence-corrected chi connectivity index (χ4v) is 1.55. The Morgan fingerprint density at radius 3 is 2.24 bits per heavy atom. The summed E-state index contributed by atoms with van der Waals surface area (Å²) in [5.74, 6) is -3.65. The summed E-state index contributed by atoms with van der Waals surface area (Å²) in [5.41, 5.74) is 1.03. The highest BCUT2D eigenvalue weighted by Crippen LogP contribution is 2.20. The molecule has 88 valence electrons. The summed E-state index contributed by atoms with van der Waals surface area (Å²) in [6.07, 6.45) is 1.80. The molecule has 1 aromatic carbocycles. The van der Waals surface area contributed by atoms with Gasteiger partial charge in [-0.3, -0.25) is 4.98 Å². The van der Waals surface area contributed by atoms with Crippen molar-refractivity contribution in [3.63, 3.8) is 0 Å². The van der Waals surface area contributed by atoms with Gasteiger partial charge in [-0.1, -0.05) is 28.1 Å². The van der Waals surface area contributed by atoms with E-state index in [-0.39, 0.29) is 0 Å². The van der Waals surface area contributed by atoms with Crippen molar-refractivity contribution in [3.05, 3.63) is 41.0 Å². The van der Waals surface area contributed by atoms with E-state index in [2.05, 4.69) is 20.9 Å². The van der Waals surface area contributed by atoms with Crippen LogP contribution in [0.3, 0.4) is 0 Å². The molecule has 0 fully saturated rings. The summed E-state index contributed by atoms with van der Waals surface area (Å²) in [6, 6.07) is 9.99. The van der Waals surface area contributed by atoms with Gasteiger partial charge in [0.1, 0.15) is 0 Å². The first-order valence-electron chi connectivity index (χ1n) is 4.48. The van der Waals surface area contributed by atoms with Crippen LogP contribution in [0.25, 0.3) is 10.9 Å². The highest BCUT2D eigenvalue weighted by Gasteiger charge is 2.04. The minimum absolute atomic E-state index is 1.03. The van der Waals surface area contributed by atoms with Gasteiger partial charge in [0.05, 0.1) is 5.52 Å². The number of carboxylic acid groups (broad SMARTS) is 2. The molecule has 1 heterocycles. The van der Waals surface area contributed by atoms with Crippen LogP contribution < -0.4 is 0 Å². The van der Waals surface area contributed by atoms with Gasteiger partial charge < -0.3 is 10.2 Å². The lowest BCUT2D eigenvalue weighted by Crippen LogP contribution is -2.09. The van der Waals surface area contributed by atoms with Gasteiger partial charge in [-0.25, -0.2) is 9.59 Å². The summed E-state index contributed by atoms with van der Waals surface area (Å²) in [7, 11) is 0. The van der Waals surface area contributed by atoms with Gasteiger partial charge in [0.2, 0.25) is 0 Å². The number of pyridine rings is 1. The Balaban J connectivity index is 0.000000209. The third-order valence-electron chi connectivity index (χ3n) is 1.78. The number of carbonyl (C=O) groups is 2. The summed E-state index contributed by atoms with van der Waals surface area (Å²) < 4.78 is 1.10. The first-order chi connectivity index (χ1) is 8.02. The SMILES string of the molecule is Brc1cccc2ncccc12.O=C(O)C(=O)O. The summed E-state index contributed by atoms with van der Waals surface area (Å²) >= 11 is 3.46. The number of nitrogens with zero attached hydrogens (tertiary/aromatic N) is 1. The number of aliphatic carboxylic acids is 2. The second-order valence-corrected chi connectivity index (χ2v) is 3.77. The summed E-state index contributed by atoms with van der Waals surface area (Å²) in [4.78, 5) is 22.4. The molecule has 2 aromatic rings. The Kier molecular flexibility index (Phi) is 4.59. The normalized spacial score (nSPS) is 9.24. The molecule has 0 aliphatic rings. The largest absolute Gasteiger partial charge is 0.473 e. The molecule has 5 nitrogen and oxygen atoms in total. The molecular weight excluding hydrogens is 290 g/mol. The van der Waals surface area contributed by atoms with Crippen molar-refractivity contribution < 1.29 is 19.8 Å². The molecule has 1 aromatic heterocycles. The number of carboxylic acids is 2. The molecule has 0 saturated carbocycles. The lowest BCUT2D eigenvalue weighted by Gasteiger charge is -1.96. The molecule has 0 amide bonds. The number of fused-ring (bicyclic) bond motifs is 1. The second kappa shape index (κ2) is 5.95. The molecule has 6 heteroatoms. The Bertz CT molecular complexity index is 539. The molecule has 0 spiro atoms. The standard InChI is InChI=1S/C9H6BrN.C2H2O4/c10-8-4-1-5-9-7(8)3-2-6-11-9;3-1(4)2(5)6/h1-6H;(H,3,4)(H,5,6). The first kappa shape index (κ1) is 13.1. The number of benzene rings is 1. The Morgan fingerprint density at radius 1 is 1.06 bits per heavy atom. The van der Waals surface area contributed by atoms with Gasteiger partial charge in [-0.05, 0) is 18.2 Å². The molecule has 2 rings (SSSR count). The van der Waals surface area contributed by atoms with E-state index in [4.69, 9.17) is 19.8 Å². The van der Waals surface area contributed by atoms with E-state index in [9.17, 15) is 0 Å². The van der Waals surface area contributed by atoms with Crippen molar-refractivity contribution in [2.75, 3.05) is 0 Å². The van der Waals surface area contributed by atoms with Crippen molar-refractivity contribution >= 4 is 38.8 Å². The maximum atomic E-state index is 9.10. The number of rotatable bonds is 0. The van der Waals surface area contributed by atoms with Gasteiger partial charge in [-0.15, -0.1) is 0 Å². The molecule has 0 radical (unpaired) electrons. The van der Waals surface area contributed by atoms with Crippen molar-refractivity contribution in [3.8, 4) is 0 Å². The van der Waals surface area contributed by atoms with Gasteiger partial charge >= 0.3 is 11.9 Å². The minimum Gasteiger partial charge on any atom is -0.473 e. The van der Waals surface area contributed by atoms with Gasteiger partial charge in [0, 0.05) is 16.1 Å². The van der Waals surface area contributed by atoms with E-state index in [1.807, 2.05) is 30.3 Å². The van der Waals surface area contributed by atoms with Gasteiger partial charge in [0.15, 0.2) is 0 Å². The third kappa shape index (κ3) is 3.84. The van der Waals surface area contributed by atoms with E-state index >= 15 is 0 Å². The number of hydrogen-bond acceptors (Lipinski definition) is 3. The first-order valence-corrected chi connectivity index (χ1v) is 5.27. The van der Waals surface area contributed by atoms with Crippen LogP contribution in [-0.4, -0.2) is 27.1 Å². The van der Waals surface area contributed by atoms with Crippen LogP contribution in [0.5, 0.6) is 0 Å². The number of aromatic nitrogens is 1. The molecule has 17 heavy (non-hydrogen) atoms. The zero-order chi connectivity index (χ0) is 12.8. The average molecular weight is 298 g/mol. The highest BCUT2D eigenvalue weighted by atomic mass is 79.9. The highest BCUT2D eigenvalue weighted by molar-refractivity contribution is 9.10. The van der Waals surface area contributed by atoms with Gasteiger partial charge in [0.25, 0.3) is 0 Å². The van der Waals surface area contributed by atoms with E-state index in [1.165, 1.54) is 0 Å². The Hall–Kier alpha value is -1.95. The van der Waals surface area contributed by atoms with Crippen LogP contribution in [0, 0.1) is 0 Å². The molecular formula is C11H8BrNO4. The maximum absolute atomic E-state index is 9.10. The van der Waals surface area contributed by atoms with Crippen LogP contribution in [-0.2, 0) is 9.59 Å². The predicted molar refractivity (Wildman–Crippen MR) is 64.7 cm³/mol. The molecule has 0 atom stereocenters. The minimum atomic E-state index is -1.82. The van der Waals surface area contributed by atoms with E-state index in [0.29, 0.717) is 0 Å². The van der Waals surface area contributed by atoms with Crippen LogP contribution in [0.1, 0.15) is 0 Å². The molecule has 0 unspecified atom stereocenters. The fraction of sp³-hybridized carbons (Fsp3) is 0. The van der Waals surface area contributed by atoms with Crippen LogP contribution in [0.15, 0.2) is 41.0 Å². The van der Waals surface area contributed by atoms with E-state index in [0.717, 1.165) is 15.4 Å². The Morgan fingerprint density at radius 2 is 1.71 bits per heavy atom. The average Bonchev–Trinajstić information content (AvgIpc) is 2.30. The van der Waals surface area contributed by atoms with Crippen molar-refractivity contribution in [2.24, 2.45) is 0 Å². The zero-order valence-electron chi connectivity index (χ0n) is 8.50. The second-order valence-electron chi connectivity index (χ2n) is 2.92. The van der Waals surface area contributed by atoms with E-state index in [1.54, 1.807) is 6.20 Å². The fourth-order valence-electron chi connectivity index (χ4n) is 1.07. The van der Waals surface area contributed by atoms with E-state index < -0.39 is 11.9 Å². The predicted octanol–water partition coefficient (Wildman–Crippen LogP) is 2.15. The smallest absolute Gasteiger partial charge is 0.414 e. The maximum Gasteiger partial charge on any atom is 0.414 e. The summed E-state index contributed by atoms with van der Waals surface area (Å²) in [5, 5.41) is 15.9. The third-order valence-corrected chi connectivity index (χ3v) is 2.47. The number of hydrogen-bond donors (Lipinski definition) is 2. The Labute approximate surface area is 105 Å². The summed E-state index contributed by atoms with van der Waals surface area (Å²) in [6.45, 7) is 0. The molecule has 0 aliphatic heterocycles. The lowest BCUT2D eigenvalue weighted by atomic mass is 10.2. The quantitative estimate of drug-likeness (QED) is 0.728. The number of halogens is 1. The molecule has 2 N–H and O–H groups in total. The molecule has 0 aliphatic carbocycles. The monoisotopic (exact) mass is 297 g/mol. The van der Waals surface area contributed by atoms with Gasteiger partial charge in [-0.2, -0.15) is 0 Å². The zero-order valence-corrected chi connectivity index (χ0v) is 10.1. The molecule has 0 saturated heterocycles. The van der Waals surface area contributed by atoms with Crippen molar-refractivity contribution in [2.45, 2.75) is 0 Å². The van der Waals surface area contributed by atoms with Crippen LogP contribution >= 0.6 is 15.9 Å².